The van der Waals surface area contributed by atoms with Crippen molar-refractivity contribution in [3.63, 3.8) is 0 Å². The molecule has 1 fully saturated rings. The summed E-state index contributed by atoms with van der Waals surface area (Å²) in [6.45, 7) is 2.90. The van der Waals surface area contributed by atoms with Crippen molar-refractivity contribution in [1.29, 1.82) is 0 Å². The summed E-state index contributed by atoms with van der Waals surface area (Å²) >= 11 is 0. The molecule has 2 aromatic heterocycles. The number of hydrogen-bond donors (Lipinski definition) is 3. The van der Waals surface area contributed by atoms with Gasteiger partial charge >= 0.3 is 6.18 Å². The van der Waals surface area contributed by atoms with E-state index in [1.54, 1.807) is 24.4 Å². The standard InChI is InChI=1S/C30H28F3N7O2/c1-34-29(41)21-6-2-3-7-23(21)38-24-15-27(36-16-22(24)30(31,32)33)37-19-9-10-25-26(14-19)42-18-20-17-39(12-13-40(20)25)28-8-4-5-11-35-28/h2-11,14-16,20H,12-13,17-18H2,1H3,(H,34,41)(H2,36,37,38). The Kier molecular flexibility index (Phi) is 7.19. The normalized spacial score (nSPS) is 16.1. The number of nitrogens with one attached hydrogen (secondary N) is 3. The molecule has 4 aromatic rings. The highest BCUT2D eigenvalue weighted by Crippen LogP contribution is 2.40. The number of rotatable bonds is 6. The van der Waals surface area contributed by atoms with Gasteiger partial charge in [0.25, 0.3) is 5.91 Å². The van der Waals surface area contributed by atoms with Crippen LogP contribution in [0.15, 0.2) is 79.1 Å². The number of alkyl halides is 3. The van der Waals surface area contributed by atoms with E-state index in [9.17, 15) is 18.0 Å². The quantitative estimate of drug-likeness (QED) is 0.280. The van der Waals surface area contributed by atoms with Gasteiger partial charge in [-0.25, -0.2) is 9.97 Å². The number of fused-ring (bicyclic) bond motifs is 3. The first kappa shape index (κ1) is 27.2. The molecule has 0 spiro atoms. The first-order chi connectivity index (χ1) is 20.3. The van der Waals surface area contributed by atoms with Gasteiger partial charge < -0.3 is 30.5 Å². The van der Waals surface area contributed by atoms with E-state index in [0.717, 1.165) is 37.3 Å². The van der Waals surface area contributed by atoms with Crippen molar-refractivity contribution in [1.82, 2.24) is 15.3 Å². The molecule has 1 unspecified atom stereocenters. The highest BCUT2D eigenvalue weighted by Gasteiger charge is 2.35. The van der Waals surface area contributed by atoms with Crippen LogP contribution in [-0.2, 0) is 6.18 Å². The lowest BCUT2D eigenvalue weighted by Gasteiger charge is -2.46. The molecule has 1 saturated heterocycles. The molecule has 12 heteroatoms. The molecule has 4 heterocycles. The van der Waals surface area contributed by atoms with E-state index in [1.165, 1.54) is 19.2 Å². The maximum atomic E-state index is 13.9. The topological polar surface area (TPSA) is 94.6 Å². The fourth-order valence-corrected chi connectivity index (χ4v) is 5.27. The summed E-state index contributed by atoms with van der Waals surface area (Å²) in [5, 5.41) is 8.38. The molecule has 9 nitrogen and oxygen atoms in total. The average molecular weight is 576 g/mol. The van der Waals surface area contributed by atoms with Crippen molar-refractivity contribution in [2.45, 2.75) is 12.2 Å². The number of nitrogens with zero attached hydrogens (tertiary/aromatic N) is 4. The number of para-hydroxylation sites is 1. The third-order valence-electron chi connectivity index (χ3n) is 7.31. The molecule has 0 bridgehead atoms. The van der Waals surface area contributed by atoms with Gasteiger partial charge in [0, 0.05) is 56.9 Å². The number of aromatic nitrogens is 2. The van der Waals surface area contributed by atoms with Crippen LogP contribution in [0.2, 0.25) is 0 Å². The van der Waals surface area contributed by atoms with Crippen LogP contribution in [0.1, 0.15) is 15.9 Å². The first-order valence-electron chi connectivity index (χ1n) is 13.4. The number of halogens is 3. The molecule has 2 aliphatic heterocycles. The van der Waals surface area contributed by atoms with Crippen molar-refractivity contribution < 1.29 is 22.7 Å². The molecule has 1 atom stereocenters. The third kappa shape index (κ3) is 5.47. The molecular formula is C30H28F3N7O2. The van der Waals surface area contributed by atoms with Crippen LogP contribution in [0.4, 0.5) is 47.6 Å². The van der Waals surface area contributed by atoms with Gasteiger partial charge in [-0.05, 0) is 36.4 Å². The number of carbonyl (C=O) groups is 1. The van der Waals surface area contributed by atoms with Crippen LogP contribution in [0.25, 0.3) is 0 Å². The number of pyridine rings is 2. The zero-order valence-corrected chi connectivity index (χ0v) is 22.7. The van der Waals surface area contributed by atoms with Crippen LogP contribution in [0, 0.1) is 0 Å². The number of anilines is 6. The average Bonchev–Trinajstić information content (AvgIpc) is 3.00. The lowest BCUT2D eigenvalue weighted by Crippen LogP contribution is -2.57. The summed E-state index contributed by atoms with van der Waals surface area (Å²) in [6, 6.07) is 19.3. The predicted octanol–water partition coefficient (Wildman–Crippen LogP) is 5.43. The zero-order chi connectivity index (χ0) is 29.3. The summed E-state index contributed by atoms with van der Waals surface area (Å²) in [5.74, 6) is 1.40. The molecule has 216 valence electrons. The van der Waals surface area contributed by atoms with Gasteiger partial charge in [-0.1, -0.05) is 18.2 Å². The number of carbonyl (C=O) groups excluding carboxylic acids is 1. The Morgan fingerprint density at radius 2 is 1.81 bits per heavy atom. The van der Waals surface area contributed by atoms with Gasteiger partial charge in [-0.3, -0.25) is 4.79 Å². The van der Waals surface area contributed by atoms with E-state index < -0.39 is 17.6 Å². The molecule has 0 radical (unpaired) electrons. The van der Waals surface area contributed by atoms with E-state index in [0.29, 0.717) is 18.0 Å². The molecule has 3 N–H and O–H groups in total. The minimum atomic E-state index is -4.66. The second kappa shape index (κ2) is 11.1. The van der Waals surface area contributed by atoms with Crippen LogP contribution < -0.4 is 30.5 Å². The van der Waals surface area contributed by atoms with Crippen molar-refractivity contribution in [2.24, 2.45) is 0 Å². The molecule has 0 saturated carbocycles. The van der Waals surface area contributed by atoms with Gasteiger partial charge in [0.05, 0.1) is 34.2 Å². The Morgan fingerprint density at radius 3 is 2.60 bits per heavy atom. The summed E-state index contributed by atoms with van der Waals surface area (Å²) in [6.07, 6.45) is -2.10. The lowest BCUT2D eigenvalue weighted by atomic mass is 10.1. The van der Waals surface area contributed by atoms with E-state index in [4.69, 9.17) is 4.74 Å². The number of ether oxygens (including phenoxy) is 1. The van der Waals surface area contributed by atoms with Crippen LogP contribution in [0.5, 0.6) is 5.75 Å². The van der Waals surface area contributed by atoms with Gasteiger partial charge in [0.2, 0.25) is 0 Å². The van der Waals surface area contributed by atoms with Crippen LogP contribution >= 0.6 is 0 Å². The zero-order valence-electron chi connectivity index (χ0n) is 22.7. The van der Waals surface area contributed by atoms with E-state index in [1.807, 2.05) is 36.4 Å². The van der Waals surface area contributed by atoms with Crippen molar-refractivity contribution in [3.05, 3.63) is 90.3 Å². The smallest absolute Gasteiger partial charge is 0.419 e. The fourth-order valence-electron chi connectivity index (χ4n) is 5.27. The van der Waals surface area contributed by atoms with Gasteiger partial charge in [-0.15, -0.1) is 0 Å². The Bertz CT molecular complexity index is 1600. The van der Waals surface area contributed by atoms with E-state index in [2.05, 4.69) is 35.7 Å². The Balaban J connectivity index is 1.22. The highest BCUT2D eigenvalue weighted by atomic mass is 19.4. The van der Waals surface area contributed by atoms with Gasteiger partial charge in [-0.2, -0.15) is 13.2 Å². The second-order valence-electron chi connectivity index (χ2n) is 9.96. The van der Waals surface area contributed by atoms with Gasteiger partial charge in [0.1, 0.15) is 24.0 Å². The van der Waals surface area contributed by atoms with Crippen molar-refractivity contribution in [3.8, 4) is 5.75 Å². The van der Waals surface area contributed by atoms with E-state index >= 15 is 0 Å². The minimum absolute atomic E-state index is 0.162. The minimum Gasteiger partial charge on any atom is -0.489 e. The summed E-state index contributed by atoms with van der Waals surface area (Å²) < 4.78 is 47.7. The summed E-state index contributed by atoms with van der Waals surface area (Å²) in [4.78, 5) is 25.3. The molecule has 42 heavy (non-hydrogen) atoms. The van der Waals surface area contributed by atoms with Crippen LogP contribution in [0.3, 0.4) is 0 Å². The fraction of sp³-hybridized carbons (Fsp3) is 0.233. The van der Waals surface area contributed by atoms with Crippen LogP contribution in [-0.4, -0.2) is 55.2 Å². The molecule has 6 rings (SSSR count). The number of benzene rings is 2. The number of amides is 1. The largest absolute Gasteiger partial charge is 0.489 e. The second-order valence-corrected chi connectivity index (χ2v) is 9.96. The third-order valence-corrected chi connectivity index (χ3v) is 7.31. The first-order valence-corrected chi connectivity index (χ1v) is 13.4. The highest BCUT2D eigenvalue weighted by molar-refractivity contribution is 6.00. The Morgan fingerprint density at radius 1 is 0.976 bits per heavy atom. The molecule has 2 aliphatic rings. The van der Waals surface area contributed by atoms with E-state index in [-0.39, 0.29) is 28.8 Å². The molecule has 0 aliphatic carbocycles. The van der Waals surface area contributed by atoms with Crippen molar-refractivity contribution in [2.75, 3.05) is 53.7 Å². The Hall–Kier alpha value is -5.00. The summed E-state index contributed by atoms with van der Waals surface area (Å²) in [5.41, 5.74) is 0.836. The molecule has 1 amide bonds. The number of piperazine rings is 1. The lowest BCUT2D eigenvalue weighted by molar-refractivity contribution is -0.137. The maximum Gasteiger partial charge on any atom is 0.419 e. The Labute approximate surface area is 240 Å². The molecule has 2 aromatic carbocycles. The SMILES string of the molecule is CNC(=O)c1ccccc1Nc1cc(Nc2ccc3c(c2)OCC2CN(c4ccccn4)CCN32)ncc1C(F)(F)F. The van der Waals surface area contributed by atoms with Crippen molar-refractivity contribution >= 4 is 40.3 Å². The van der Waals surface area contributed by atoms with Gasteiger partial charge in [0.15, 0.2) is 0 Å². The number of hydrogen-bond acceptors (Lipinski definition) is 8. The summed E-state index contributed by atoms with van der Waals surface area (Å²) in [7, 11) is 1.46. The molecular weight excluding hydrogens is 547 g/mol. The monoisotopic (exact) mass is 575 g/mol. The predicted molar refractivity (Wildman–Crippen MR) is 155 cm³/mol. The maximum absolute atomic E-state index is 13.9.